The maximum atomic E-state index is 12.2. The minimum atomic E-state index is -0.108. The quantitative estimate of drug-likeness (QED) is 0.646. The average Bonchev–Trinajstić information content (AvgIpc) is 3.30. The lowest BCUT2D eigenvalue weighted by Crippen LogP contribution is -2.14. The normalized spacial score (nSPS) is 12.6. The first-order chi connectivity index (χ1) is 13.6. The maximum Gasteiger partial charge on any atom is 0.234 e. The molecule has 3 aromatic rings. The first-order valence-corrected chi connectivity index (χ1v) is 10.1. The number of anilines is 1. The van der Waals surface area contributed by atoms with Gasteiger partial charge >= 0.3 is 0 Å². The van der Waals surface area contributed by atoms with Crippen molar-refractivity contribution in [2.45, 2.75) is 31.2 Å². The van der Waals surface area contributed by atoms with E-state index in [1.807, 2.05) is 35.0 Å². The molecule has 1 aliphatic rings. The van der Waals surface area contributed by atoms with Gasteiger partial charge in [0.15, 0.2) is 5.82 Å². The van der Waals surface area contributed by atoms with Crippen LogP contribution in [0.25, 0.3) is 5.82 Å². The molecule has 1 N–H and O–H groups in total. The number of carbonyl (C=O) groups excluding carboxylic acids is 1. The highest BCUT2D eigenvalue weighted by atomic mass is 32.2. The van der Waals surface area contributed by atoms with E-state index in [4.69, 9.17) is 4.74 Å². The predicted molar refractivity (Wildman–Crippen MR) is 108 cm³/mol. The van der Waals surface area contributed by atoms with E-state index in [9.17, 15) is 4.79 Å². The van der Waals surface area contributed by atoms with Crippen molar-refractivity contribution in [3.8, 4) is 11.6 Å². The fraction of sp³-hybridized carbons (Fsp3) is 0.300. The SMILES string of the molecule is COc1cccc(NC(=O)CSc2ccc(-n3nc4c(c3C)CCC4)nn2)c1. The second-order valence-corrected chi connectivity index (χ2v) is 7.57. The summed E-state index contributed by atoms with van der Waals surface area (Å²) in [6.07, 6.45) is 3.30. The molecule has 2 heterocycles. The molecular weight excluding hydrogens is 374 g/mol. The van der Waals surface area contributed by atoms with Gasteiger partial charge in [-0.05, 0) is 56.0 Å². The van der Waals surface area contributed by atoms with Crippen molar-refractivity contribution in [1.82, 2.24) is 20.0 Å². The number of thioether (sulfide) groups is 1. The summed E-state index contributed by atoms with van der Waals surface area (Å²) >= 11 is 1.34. The molecule has 0 saturated carbocycles. The van der Waals surface area contributed by atoms with Crippen LogP contribution in [-0.2, 0) is 17.6 Å². The van der Waals surface area contributed by atoms with E-state index in [1.165, 1.54) is 29.4 Å². The molecule has 1 aromatic carbocycles. The van der Waals surface area contributed by atoms with Crippen molar-refractivity contribution in [3.05, 3.63) is 53.3 Å². The van der Waals surface area contributed by atoms with Gasteiger partial charge in [0.1, 0.15) is 10.8 Å². The summed E-state index contributed by atoms with van der Waals surface area (Å²) in [5.41, 5.74) is 4.36. The van der Waals surface area contributed by atoms with Gasteiger partial charge in [0.05, 0.1) is 18.6 Å². The molecule has 0 aliphatic heterocycles. The number of carbonyl (C=O) groups is 1. The molecule has 4 rings (SSSR count). The van der Waals surface area contributed by atoms with Gasteiger partial charge in [-0.1, -0.05) is 17.8 Å². The van der Waals surface area contributed by atoms with Crippen LogP contribution in [0, 0.1) is 6.92 Å². The van der Waals surface area contributed by atoms with Gasteiger partial charge in [0.25, 0.3) is 0 Å². The van der Waals surface area contributed by atoms with Gasteiger partial charge in [-0.25, -0.2) is 4.68 Å². The average molecular weight is 395 g/mol. The second-order valence-electron chi connectivity index (χ2n) is 6.57. The number of hydrogen-bond acceptors (Lipinski definition) is 6. The van der Waals surface area contributed by atoms with E-state index < -0.39 is 0 Å². The van der Waals surface area contributed by atoms with Crippen molar-refractivity contribution in [2.24, 2.45) is 0 Å². The lowest BCUT2D eigenvalue weighted by molar-refractivity contribution is -0.113. The Labute approximate surface area is 167 Å². The number of fused-ring (bicyclic) bond motifs is 1. The third-order valence-electron chi connectivity index (χ3n) is 4.71. The summed E-state index contributed by atoms with van der Waals surface area (Å²) in [4.78, 5) is 12.2. The molecular formula is C20H21N5O2S. The number of hydrogen-bond donors (Lipinski definition) is 1. The molecule has 0 spiro atoms. The zero-order chi connectivity index (χ0) is 19.5. The molecule has 1 aliphatic carbocycles. The van der Waals surface area contributed by atoms with Crippen LogP contribution in [0.1, 0.15) is 23.4 Å². The Bertz CT molecular complexity index is 1000. The number of aromatic nitrogens is 4. The minimum absolute atomic E-state index is 0.108. The summed E-state index contributed by atoms with van der Waals surface area (Å²) in [6, 6.07) is 11.0. The van der Waals surface area contributed by atoms with Gasteiger partial charge in [0.2, 0.25) is 5.91 Å². The Morgan fingerprint density at radius 1 is 1.25 bits per heavy atom. The third kappa shape index (κ3) is 3.87. The van der Waals surface area contributed by atoms with Crippen LogP contribution < -0.4 is 10.1 Å². The molecule has 0 atom stereocenters. The standard InChI is InChI=1S/C20H21N5O2S/c1-13-16-7-4-8-17(16)24-25(13)18-9-10-20(23-22-18)28-12-19(26)21-14-5-3-6-15(11-14)27-2/h3,5-6,9-11H,4,7-8,12H2,1-2H3,(H,21,26). The smallest absolute Gasteiger partial charge is 0.234 e. The van der Waals surface area contributed by atoms with Gasteiger partial charge < -0.3 is 10.1 Å². The Morgan fingerprint density at radius 3 is 2.89 bits per heavy atom. The Morgan fingerprint density at radius 2 is 2.14 bits per heavy atom. The van der Waals surface area contributed by atoms with Crippen LogP contribution in [-0.4, -0.2) is 38.7 Å². The highest BCUT2D eigenvalue weighted by Crippen LogP contribution is 2.26. The molecule has 0 fully saturated rings. The summed E-state index contributed by atoms with van der Waals surface area (Å²) in [5, 5.41) is 16.7. The predicted octanol–water partition coefficient (Wildman–Crippen LogP) is 3.20. The third-order valence-corrected chi connectivity index (χ3v) is 5.63. The van der Waals surface area contributed by atoms with Crippen LogP contribution in [0.3, 0.4) is 0 Å². The van der Waals surface area contributed by atoms with Crippen LogP contribution in [0.15, 0.2) is 41.4 Å². The number of benzene rings is 1. The van der Waals surface area contributed by atoms with E-state index in [0.29, 0.717) is 22.3 Å². The van der Waals surface area contributed by atoms with E-state index >= 15 is 0 Å². The molecule has 0 radical (unpaired) electrons. The highest BCUT2D eigenvalue weighted by molar-refractivity contribution is 7.99. The fourth-order valence-electron chi connectivity index (χ4n) is 3.31. The number of nitrogens with zero attached hydrogens (tertiary/aromatic N) is 4. The van der Waals surface area contributed by atoms with Crippen molar-refractivity contribution in [3.63, 3.8) is 0 Å². The second kappa shape index (κ2) is 8.02. The largest absolute Gasteiger partial charge is 0.497 e. The summed E-state index contributed by atoms with van der Waals surface area (Å²) < 4.78 is 7.02. The summed E-state index contributed by atoms with van der Waals surface area (Å²) in [7, 11) is 1.59. The molecule has 7 nitrogen and oxygen atoms in total. The zero-order valence-corrected chi connectivity index (χ0v) is 16.6. The number of nitrogens with one attached hydrogen (secondary N) is 1. The molecule has 2 aromatic heterocycles. The Hall–Kier alpha value is -2.87. The van der Waals surface area contributed by atoms with E-state index in [-0.39, 0.29) is 11.7 Å². The first kappa shape index (κ1) is 18.5. The van der Waals surface area contributed by atoms with Gasteiger partial charge in [0, 0.05) is 17.4 Å². The lowest BCUT2D eigenvalue weighted by atomic mass is 10.2. The number of aryl methyl sites for hydroxylation is 1. The van der Waals surface area contributed by atoms with Gasteiger partial charge in [-0.2, -0.15) is 5.10 Å². The number of rotatable bonds is 6. The summed E-state index contributed by atoms with van der Waals surface area (Å²) in [5.74, 6) is 1.55. The van der Waals surface area contributed by atoms with E-state index in [0.717, 1.165) is 18.5 Å². The topological polar surface area (TPSA) is 81.9 Å². The number of amides is 1. The fourth-order valence-corrected chi connectivity index (χ4v) is 3.93. The van der Waals surface area contributed by atoms with Crippen LogP contribution in [0.2, 0.25) is 0 Å². The molecule has 0 unspecified atom stereocenters. The Balaban J connectivity index is 1.36. The van der Waals surface area contributed by atoms with Crippen LogP contribution in [0.4, 0.5) is 5.69 Å². The van der Waals surface area contributed by atoms with Gasteiger partial charge in [-0.15, -0.1) is 10.2 Å². The first-order valence-electron chi connectivity index (χ1n) is 9.12. The zero-order valence-electron chi connectivity index (χ0n) is 15.8. The number of methoxy groups -OCH3 is 1. The van der Waals surface area contributed by atoms with Crippen molar-refractivity contribution in [2.75, 3.05) is 18.2 Å². The molecule has 0 bridgehead atoms. The van der Waals surface area contributed by atoms with Crippen LogP contribution >= 0.6 is 11.8 Å². The van der Waals surface area contributed by atoms with E-state index in [1.54, 1.807) is 13.2 Å². The molecule has 1 amide bonds. The number of ether oxygens (including phenoxy) is 1. The van der Waals surface area contributed by atoms with E-state index in [2.05, 4.69) is 27.5 Å². The van der Waals surface area contributed by atoms with Crippen molar-refractivity contribution < 1.29 is 9.53 Å². The Kier molecular flexibility index (Phi) is 5.29. The van der Waals surface area contributed by atoms with Crippen molar-refractivity contribution >= 4 is 23.4 Å². The monoisotopic (exact) mass is 395 g/mol. The molecule has 0 saturated heterocycles. The lowest BCUT2D eigenvalue weighted by Gasteiger charge is -2.07. The van der Waals surface area contributed by atoms with Crippen molar-refractivity contribution in [1.29, 1.82) is 0 Å². The van der Waals surface area contributed by atoms with Gasteiger partial charge in [-0.3, -0.25) is 4.79 Å². The summed E-state index contributed by atoms with van der Waals surface area (Å²) in [6.45, 7) is 2.07. The highest BCUT2D eigenvalue weighted by Gasteiger charge is 2.20. The van der Waals surface area contributed by atoms with Crippen LogP contribution in [0.5, 0.6) is 5.75 Å². The molecule has 8 heteroatoms. The molecule has 28 heavy (non-hydrogen) atoms. The molecule has 144 valence electrons. The minimum Gasteiger partial charge on any atom is -0.497 e. The maximum absolute atomic E-state index is 12.2.